The molecule has 1 aliphatic carbocycles. The fourth-order valence-electron chi connectivity index (χ4n) is 4.46. The lowest BCUT2D eigenvalue weighted by atomic mass is 9.87. The number of ether oxygens (including phenoxy) is 1. The number of thiophene rings is 1. The van der Waals surface area contributed by atoms with Crippen molar-refractivity contribution in [1.29, 1.82) is 0 Å². The molecule has 0 radical (unpaired) electrons. The highest BCUT2D eigenvalue weighted by atomic mass is 32.1. The van der Waals surface area contributed by atoms with Crippen LogP contribution in [0.15, 0.2) is 18.5 Å². The van der Waals surface area contributed by atoms with E-state index < -0.39 is 0 Å². The molecule has 32 heavy (non-hydrogen) atoms. The molecule has 1 N–H and O–H groups in total. The maximum absolute atomic E-state index is 12.9. The van der Waals surface area contributed by atoms with E-state index in [9.17, 15) is 4.79 Å². The third-order valence-corrected chi connectivity index (χ3v) is 7.44. The Hall–Kier alpha value is -2.67. The van der Waals surface area contributed by atoms with Crippen LogP contribution < -0.4 is 10.1 Å². The molecular formula is C25H32N4O2S. The fourth-order valence-corrected chi connectivity index (χ4v) is 5.73. The van der Waals surface area contributed by atoms with E-state index in [2.05, 4.69) is 48.2 Å². The minimum absolute atomic E-state index is 0.0563. The average molecular weight is 453 g/mol. The van der Waals surface area contributed by atoms with Gasteiger partial charge in [0.05, 0.1) is 17.7 Å². The maximum atomic E-state index is 12.9. The van der Waals surface area contributed by atoms with E-state index in [0.29, 0.717) is 6.61 Å². The van der Waals surface area contributed by atoms with Crippen LogP contribution in [0.1, 0.15) is 48.3 Å². The van der Waals surface area contributed by atoms with Crippen molar-refractivity contribution in [2.45, 2.75) is 53.4 Å². The Balaban J connectivity index is 1.67. The third kappa shape index (κ3) is 4.31. The molecule has 1 aromatic carbocycles. The van der Waals surface area contributed by atoms with Gasteiger partial charge in [-0.1, -0.05) is 6.92 Å². The van der Waals surface area contributed by atoms with E-state index in [-0.39, 0.29) is 11.8 Å². The second-order valence-corrected chi connectivity index (χ2v) is 9.68. The molecule has 3 aromatic rings. The van der Waals surface area contributed by atoms with Gasteiger partial charge in [0.2, 0.25) is 5.91 Å². The highest BCUT2D eigenvalue weighted by Crippen LogP contribution is 2.41. The van der Waals surface area contributed by atoms with Crippen LogP contribution in [0, 0.1) is 19.8 Å². The molecule has 6 nitrogen and oxygen atoms in total. The van der Waals surface area contributed by atoms with Gasteiger partial charge < -0.3 is 15.0 Å². The average Bonchev–Trinajstić information content (AvgIpc) is 3.15. The van der Waals surface area contributed by atoms with Gasteiger partial charge >= 0.3 is 0 Å². The number of carbonyl (C=O) groups excluding carboxylic acids is 1. The zero-order chi connectivity index (χ0) is 22.8. The molecule has 0 bridgehead atoms. The predicted molar refractivity (Wildman–Crippen MR) is 131 cm³/mol. The molecule has 1 aliphatic rings. The van der Waals surface area contributed by atoms with Crippen molar-refractivity contribution in [2.24, 2.45) is 5.92 Å². The Morgan fingerprint density at radius 2 is 2.03 bits per heavy atom. The number of fused-ring (bicyclic) bond motifs is 3. The lowest BCUT2D eigenvalue weighted by Crippen LogP contribution is -2.35. The van der Waals surface area contributed by atoms with Crippen molar-refractivity contribution < 1.29 is 9.53 Å². The first-order valence-electron chi connectivity index (χ1n) is 11.4. The summed E-state index contributed by atoms with van der Waals surface area (Å²) in [7, 11) is 1.92. The first kappa shape index (κ1) is 22.5. The largest absolute Gasteiger partial charge is 0.492 e. The van der Waals surface area contributed by atoms with Gasteiger partial charge in [0, 0.05) is 24.4 Å². The van der Waals surface area contributed by atoms with Crippen LogP contribution in [0.5, 0.6) is 5.75 Å². The first-order chi connectivity index (χ1) is 15.4. The van der Waals surface area contributed by atoms with Crippen LogP contribution in [-0.2, 0) is 17.6 Å². The third-order valence-electron chi connectivity index (χ3n) is 6.28. The van der Waals surface area contributed by atoms with Crippen LogP contribution in [0.3, 0.4) is 0 Å². The number of hydrogen-bond donors (Lipinski definition) is 1. The number of hydrogen-bond acceptors (Lipinski definition) is 6. The van der Waals surface area contributed by atoms with Crippen LogP contribution in [0.25, 0.3) is 10.2 Å². The van der Waals surface area contributed by atoms with Crippen LogP contribution in [-0.4, -0.2) is 41.0 Å². The fraction of sp³-hybridized carbons (Fsp3) is 0.480. The highest BCUT2D eigenvalue weighted by Gasteiger charge is 2.30. The summed E-state index contributed by atoms with van der Waals surface area (Å²) < 4.78 is 5.89. The van der Waals surface area contributed by atoms with Gasteiger partial charge in [-0.2, -0.15) is 0 Å². The number of nitrogens with zero attached hydrogens (tertiary/aromatic N) is 3. The van der Waals surface area contributed by atoms with Crippen molar-refractivity contribution >= 4 is 39.0 Å². The molecule has 0 saturated carbocycles. The summed E-state index contributed by atoms with van der Waals surface area (Å²) in [5, 5.41) is 4.61. The molecule has 0 fully saturated rings. The van der Waals surface area contributed by atoms with Crippen LogP contribution >= 0.6 is 11.3 Å². The van der Waals surface area contributed by atoms with Crippen molar-refractivity contribution in [3.8, 4) is 5.75 Å². The molecular weight excluding hydrogens is 420 g/mol. The van der Waals surface area contributed by atoms with E-state index in [1.807, 2.05) is 18.9 Å². The minimum Gasteiger partial charge on any atom is -0.492 e. The lowest BCUT2D eigenvalue weighted by Gasteiger charge is -2.26. The molecule has 170 valence electrons. The molecule has 7 heteroatoms. The summed E-state index contributed by atoms with van der Waals surface area (Å²) in [6, 6.07) is 4.19. The number of amides is 1. The summed E-state index contributed by atoms with van der Waals surface area (Å²) in [6.07, 6.45) is 5.13. The van der Waals surface area contributed by atoms with Gasteiger partial charge in [0.15, 0.2) is 0 Å². The normalized spacial score (nSPS) is 15.5. The maximum Gasteiger partial charge on any atom is 0.225 e. The highest BCUT2D eigenvalue weighted by molar-refractivity contribution is 7.19. The summed E-state index contributed by atoms with van der Waals surface area (Å²) in [6.45, 7) is 9.71. The topological polar surface area (TPSA) is 67.4 Å². The monoisotopic (exact) mass is 452 g/mol. The van der Waals surface area contributed by atoms with Crippen molar-refractivity contribution in [3.05, 3.63) is 40.0 Å². The van der Waals surface area contributed by atoms with Gasteiger partial charge in [-0.15, -0.1) is 11.3 Å². The van der Waals surface area contributed by atoms with Crippen molar-refractivity contribution in [1.82, 2.24) is 14.9 Å². The standard InChI is InChI=1S/C25H32N4O2S/c1-6-10-29(5)25(30)17-8-9-18-21(13-17)32-24-22(18)23(26-14-27-24)28-19-11-15(3)16(4)12-20(19)31-7-2/h11-12,14,17H,6-10,13H2,1-5H3,(H,26,27,28). The molecule has 1 atom stereocenters. The predicted octanol–water partition coefficient (Wildman–Crippen LogP) is 5.42. The molecule has 1 amide bonds. The summed E-state index contributed by atoms with van der Waals surface area (Å²) in [5.41, 5.74) is 4.60. The van der Waals surface area contributed by atoms with Crippen LogP contribution in [0.2, 0.25) is 0 Å². The minimum atomic E-state index is 0.0563. The van der Waals surface area contributed by atoms with Crippen molar-refractivity contribution in [3.63, 3.8) is 0 Å². The molecule has 1 unspecified atom stereocenters. The van der Waals surface area contributed by atoms with Gasteiger partial charge in [-0.25, -0.2) is 9.97 Å². The van der Waals surface area contributed by atoms with Gasteiger partial charge in [-0.3, -0.25) is 4.79 Å². The molecule has 0 saturated heterocycles. The number of benzene rings is 1. The molecule has 2 heterocycles. The Morgan fingerprint density at radius 3 is 2.78 bits per heavy atom. The van der Waals surface area contributed by atoms with E-state index >= 15 is 0 Å². The van der Waals surface area contributed by atoms with Crippen LogP contribution in [0.4, 0.5) is 11.5 Å². The van der Waals surface area contributed by atoms with E-state index in [4.69, 9.17) is 4.74 Å². The number of anilines is 2. The second kappa shape index (κ2) is 9.45. The molecule has 0 aliphatic heterocycles. The zero-order valence-corrected chi connectivity index (χ0v) is 20.4. The number of aromatic nitrogens is 2. The molecule has 2 aromatic heterocycles. The Morgan fingerprint density at radius 1 is 1.25 bits per heavy atom. The van der Waals surface area contributed by atoms with Crippen molar-refractivity contribution in [2.75, 3.05) is 25.5 Å². The van der Waals surface area contributed by atoms with E-state index in [0.717, 1.165) is 59.7 Å². The SMILES string of the molecule is CCCN(C)C(=O)C1CCc2c(sc3ncnc(Nc4cc(C)c(C)cc4OCC)c23)C1. The summed E-state index contributed by atoms with van der Waals surface area (Å²) >= 11 is 1.70. The number of aryl methyl sites for hydroxylation is 3. The Bertz CT molecular complexity index is 1140. The van der Waals surface area contributed by atoms with E-state index in [1.54, 1.807) is 17.7 Å². The second-order valence-electron chi connectivity index (χ2n) is 8.60. The number of rotatable bonds is 7. The summed E-state index contributed by atoms with van der Waals surface area (Å²) in [4.78, 5) is 26.1. The Kier molecular flexibility index (Phi) is 6.65. The number of carbonyl (C=O) groups is 1. The zero-order valence-electron chi connectivity index (χ0n) is 19.6. The van der Waals surface area contributed by atoms with E-state index in [1.165, 1.54) is 21.6 Å². The van der Waals surface area contributed by atoms with Gasteiger partial charge in [0.1, 0.15) is 22.7 Å². The Labute approximate surface area is 194 Å². The lowest BCUT2D eigenvalue weighted by molar-refractivity contribution is -0.134. The van der Waals surface area contributed by atoms with Gasteiger partial charge in [0.25, 0.3) is 0 Å². The summed E-state index contributed by atoms with van der Waals surface area (Å²) in [5.74, 6) is 1.96. The quantitative estimate of drug-likeness (QED) is 0.518. The van der Waals surface area contributed by atoms with Gasteiger partial charge in [-0.05, 0) is 75.3 Å². The first-order valence-corrected chi connectivity index (χ1v) is 12.3. The smallest absolute Gasteiger partial charge is 0.225 e. The molecule has 4 rings (SSSR count). The molecule has 0 spiro atoms. The number of nitrogens with one attached hydrogen (secondary N) is 1.